The number of nitrogens with one attached hydrogen (secondary N) is 1. The van der Waals surface area contributed by atoms with Crippen LogP contribution >= 0.6 is 0 Å². The van der Waals surface area contributed by atoms with Crippen molar-refractivity contribution >= 4 is 17.8 Å². The molecule has 0 aromatic heterocycles. The van der Waals surface area contributed by atoms with E-state index in [1.54, 1.807) is 11.8 Å². The third-order valence-electron chi connectivity index (χ3n) is 5.80. The molecule has 3 heterocycles. The maximum absolute atomic E-state index is 12.8. The molecule has 3 aliphatic rings. The molecule has 0 atom stereocenters. The number of likely N-dealkylation sites (tertiary alicyclic amines) is 2. The normalized spacial score (nSPS) is 22.8. The van der Waals surface area contributed by atoms with Gasteiger partial charge in [0, 0.05) is 45.0 Å². The van der Waals surface area contributed by atoms with Gasteiger partial charge in [0.2, 0.25) is 5.91 Å². The van der Waals surface area contributed by atoms with Crippen LogP contribution in [0.25, 0.3) is 0 Å². The molecule has 0 unspecified atom stereocenters. The van der Waals surface area contributed by atoms with Crippen LogP contribution in [-0.2, 0) is 19.1 Å². The lowest BCUT2D eigenvalue weighted by Gasteiger charge is -2.39. The average Bonchev–Trinajstić information content (AvgIpc) is 3.19. The molecule has 0 bridgehead atoms. The Morgan fingerprint density at radius 1 is 1.15 bits per heavy atom. The van der Waals surface area contributed by atoms with Crippen molar-refractivity contribution in [1.29, 1.82) is 0 Å². The maximum atomic E-state index is 12.8. The number of rotatable bonds is 5. The van der Waals surface area contributed by atoms with E-state index < -0.39 is 11.6 Å². The van der Waals surface area contributed by atoms with E-state index in [-0.39, 0.29) is 11.8 Å². The third-order valence-corrected chi connectivity index (χ3v) is 5.80. The van der Waals surface area contributed by atoms with Gasteiger partial charge in [-0.3, -0.25) is 9.59 Å². The molecule has 0 aromatic rings. The standard InChI is InChI=1S/C19H29N3O4/c1-14-16(17(24)20-8-5-11-21-9-3-4-10-21)19(26-18(14)25)6-12-22(13-7-19)15(2)23/h3-13H2,1-2H3,(H,20,24). The van der Waals surface area contributed by atoms with Crippen LogP contribution in [0.3, 0.4) is 0 Å². The van der Waals surface area contributed by atoms with Crippen LogP contribution in [0.2, 0.25) is 0 Å². The van der Waals surface area contributed by atoms with Gasteiger partial charge < -0.3 is 19.9 Å². The average molecular weight is 363 g/mol. The van der Waals surface area contributed by atoms with E-state index >= 15 is 0 Å². The number of piperidine rings is 1. The number of carbonyl (C=O) groups is 3. The van der Waals surface area contributed by atoms with Crippen LogP contribution in [0.1, 0.15) is 46.0 Å². The van der Waals surface area contributed by atoms with Crippen LogP contribution in [0.5, 0.6) is 0 Å². The van der Waals surface area contributed by atoms with Crippen LogP contribution in [-0.4, -0.2) is 72.5 Å². The fourth-order valence-electron chi connectivity index (χ4n) is 4.26. The molecule has 0 aliphatic carbocycles. The topological polar surface area (TPSA) is 78.9 Å². The van der Waals surface area contributed by atoms with Crippen molar-refractivity contribution in [1.82, 2.24) is 15.1 Å². The number of esters is 1. The molecule has 2 saturated heterocycles. The predicted molar refractivity (Wildman–Crippen MR) is 96.3 cm³/mol. The number of carbonyl (C=O) groups excluding carboxylic acids is 3. The Morgan fingerprint density at radius 2 is 1.81 bits per heavy atom. The first-order valence-corrected chi connectivity index (χ1v) is 9.64. The van der Waals surface area contributed by atoms with Crippen LogP contribution in [0.15, 0.2) is 11.1 Å². The lowest BCUT2D eigenvalue weighted by molar-refractivity contribution is -0.152. The van der Waals surface area contributed by atoms with Crippen molar-refractivity contribution in [3.63, 3.8) is 0 Å². The minimum Gasteiger partial charge on any atom is -0.450 e. The first-order valence-electron chi connectivity index (χ1n) is 9.64. The summed E-state index contributed by atoms with van der Waals surface area (Å²) in [5.41, 5.74) is -0.00298. The monoisotopic (exact) mass is 363 g/mol. The van der Waals surface area contributed by atoms with E-state index in [1.165, 1.54) is 19.8 Å². The van der Waals surface area contributed by atoms with Gasteiger partial charge in [-0.25, -0.2) is 4.79 Å². The minimum atomic E-state index is -0.869. The predicted octanol–water partition coefficient (Wildman–Crippen LogP) is 0.843. The molecule has 3 rings (SSSR count). The summed E-state index contributed by atoms with van der Waals surface area (Å²) in [5, 5.41) is 2.97. The van der Waals surface area contributed by atoms with E-state index in [2.05, 4.69) is 10.2 Å². The molecule has 7 heteroatoms. The number of hydrogen-bond acceptors (Lipinski definition) is 5. The van der Waals surface area contributed by atoms with Gasteiger partial charge >= 0.3 is 5.97 Å². The van der Waals surface area contributed by atoms with Crippen molar-refractivity contribution in [3.8, 4) is 0 Å². The molecule has 0 radical (unpaired) electrons. The van der Waals surface area contributed by atoms with E-state index in [9.17, 15) is 14.4 Å². The molecule has 3 aliphatic heterocycles. The Kier molecular flexibility index (Phi) is 5.65. The minimum absolute atomic E-state index is 0.0118. The lowest BCUT2D eigenvalue weighted by atomic mass is 9.82. The molecule has 26 heavy (non-hydrogen) atoms. The zero-order valence-corrected chi connectivity index (χ0v) is 15.8. The molecule has 0 aromatic carbocycles. The number of amides is 2. The van der Waals surface area contributed by atoms with Gasteiger partial charge in [0.1, 0.15) is 5.60 Å². The van der Waals surface area contributed by atoms with Gasteiger partial charge in [-0.2, -0.15) is 0 Å². The highest BCUT2D eigenvalue weighted by Crippen LogP contribution is 2.41. The van der Waals surface area contributed by atoms with Crippen molar-refractivity contribution in [2.75, 3.05) is 39.3 Å². The molecule has 7 nitrogen and oxygen atoms in total. The highest BCUT2D eigenvalue weighted by Gasteiger charge is 2.50. The van der Waals surface area contributed by atoms with E-state index in [4.69, 9.17) is 4.74 Å². The Bertz CT molecular complexity index is 614. The summed E-state index contributed by atoms with van der Waals surface area (Å²) in [7, 11) is 0. The van der Waals surface area contributed by atoms with Gasteiger partial charge in [-0.15, -0.1) is 0 Å². The third kappa shape index (κ3) is 3.77. The zero-order valence-electron chi connectivity index (χ0n) is 15.8. The first-order chi connectivity index (χ1) is 12.4. The largest absolute Gasteiger partial charge is 0.450 e. The molecule has 0 saturated carbocycles. The molecular weight excluding hydrogens is 334 g/mol. The van der Waals surface area contributed by atoms with Crippen molar-refractivity contribution < 1.29 is 19.1 Å². The zero-order chi connectivity index (χ0) is 18.7. The maximum Gasteiger partial charge on any atom is 0.335 e. The van der Waals surface area contributed by atoms with Crippen LogP contribution in [0, 0.1) is 0 Å². The summed E-state index contributed by atoms with van der Waals surface area (Å²) in [6, 6.07) is 0. The summed E-state index contributed by atoms with van der Waals surface area (Å²) in [5.74, 6) is -0.604. The highest BCUT2D eigenvalue weighted by molar-refractivity contribution is 6.07. The summed E-state index contributed by atoms with van der Waals surface area (Å²) < 4.78 is 5.63. The van der Waals surface area contributed by atoms with Crippen LogP contribution in [0.4, 0.5) is 0 Å². The summed E-state index contributed by atoms with van der Waals surface area (Å²) in [4.78, 5) is 40.6. The second-order valence-corrected chi connectivity index (χ2v) is 7.55. The SMILES string of the molecule is CC(=O)N1CCC2(CC1)OC(=O)C(C)=C2C(=O)NCCCN1CCCC1. The molecule has 2 amide bonds. The molecule has 2 fully saturated rings. The van der Waals surface area contributed by atoms with E-state index in [0.29, 0.717) is 43.6 Å². The summed E-state index contributed by atoms with van der Waals surface area (Å²) >= 11 is 0. The Labute approximate surface area is 154 Å². The molecule has 144 valence electrons. The second kappa shape index (κ2) is 7.78. The molecule has 1 N–H and O–H groups in total. The highest BCUT2D eigenvalue weighted by atomic mass is 16.6. The van der Waals surface area contributed by atoms with Crippen molar-refractivity contribution in [3.05, 3.63) is 11.1 Å². The number of hydrogen-bond donors (Lipinski definition) is 1. The number of nitrogens with zero attached hydrogens (tertiary/aromatic N) is 2. The smallest absolute Gasteiger partial charge is 0.335 e. The Morgan fingerprint density at radius 3 is 2.42 bits per heavy atom. The fraction of sp³-hybridized carbons (Fsp3) is 0.737. The molecular formula is C19H29N3O4. The van der Waals surface area contributed by atoms with Crippen LogP contribution < -0.4 is 5.32 Å². The van der Waals surface area contributed by atoms with Crippen molar-refractivity contribution in [2.24, 2.45) is 0 Å². The fourth-order valence-corrected chi connectivity index (χ4v) is 4.26. The van der Waals surface area contributed by atoms with Gasteiger partial charge in [0.05, 0.1) is 5.57 Å². The van der Waals surface area contributed by atoms with Gasteiger partial charge in [0.25, 0.3) is 5.91 Å². The van der Waals surface area contributed by atoms with Gasteiger partial charge in [0.15, 0.2) is 0 Å². The second-order valence-electron chi connectivity index (χ2n) is 7.55. The first kappa shape index (κ1) is 18.9. The van der Waals surface area contributed by atoms with Crippen molar-refractivity contribution in [2.45, 2.75) is 51.6 Å². The van der Waals surface area contributed by atoms with E-state index in [1.807, 2.05) is 0 Å². The summed E-state index contributed by atoms with van der Waals surface area (Å²) in [6.45, 7) is 8.08. The lowest BCUT2D eigenvalue weighted by Crippen LogP contribution is -2.50. The van der Waals surface area contributed by atoms with Gasteiger partial charge in [-0.05, 0) is 45.8 Å². The number of ether oxygens (including phenoxy) is 1. The summed E-state index contributed by atoms with van der Waals surface area (Å²) in [6.07, 6.45) is 4.38. The Hall–Kier alpha value is -1.89. The quantitative estimate of drug-likeness (QED) is 0.579. The molecule has 1 spiro atoms. The van der Waals surface area contributed by atoms with Gasteiger partial charge in [-0.1, -0.05) is 0 Å². The Balaban J connectivity index is 1.59. The van der Waals surface area contributed by atoms with E-state index in [0.717, 1.165) is 26.1 Å².